The molecule has 0 spiro atoms. The average molecular weight is 492 g/mol. The number of halogens is 1. The zero-order chi connectivity index (χ0) is 25.8. The largest absolute Gasteiger partial charge is 0.507 e. The number of nitrogens with one attached hydrogen (secondary N) is 1. The van der Waals surface area contributed by atoms with Crippen LogP contribution in [-0.2, 0) is 0 Å². The number of amides is 1. The van der Waals surface area contributed by atoms with Crippen LogP contribution in [0, 0.1) is 18.7 Å². The lowest BCUT2D eigenvalue weighted by molar-refractivity contribution is 0.0937. The molecule has 4 N–H and O–H groups in total. The van der Waals surface area contributed by atoms with Crippen molar-refractivity contribution in [2.24, 2.45) is 5.92 Å². The molecule has 8 heteroatoms. The van der Waals surface area contributed by atoms with Gasteiger partial charge in [0.25, 0.3) is 5.91 Å². The van der Waals surface area contributed by atoms with Crippen LogP contribution in [0.15, 0.2) is 48.5 Å². The fourth-order valence-electron chi connectivity index (χ4n) is 4.62. The van der Waals surface area contributed by atoms with Crippen LogP contribution in [0.25, 0.3) is 11.3 Å². The molecule has 0 atom stereocenters. The number of likely N-dealkylation sites (tertiary alicyclic amines) is 1. The summed E-state index contributed by atoms with van der Waals surface area (Å²) in [6.45, 7) is 7.79. The third-order valence-corrected chi connectivity index (χ3v) is 6.98. The molecular formula is C28H34FN5O2. The zero-order valence-electron chi connectivity index (χ0n) is 21.1. The van der Waals surface area contributed by atoms with Crippen molar-refractivity contribution in [1.82, 2.24) is 15.2 Å². The number of nitrogens with zero attached hydrogens (tertiary/aromatic N) is 3. The number of benzene rings is 2. The van der Waals surface area contributed by atoms with E-state index in [1.807, 2.05) is 13.0 Å². The highest BCUT2D eigenvalue weighted by molar-refractivity contribution is 5.98. The van der Waals surface area contributed by atoms with Crippen molar-refractivity contribution in [3.05, 3.63) is 65.5 Å². The first kappa shape index (κ1) is 25.4. The number of hydrogen-bond donors (Lipinski definition) is 3. The maximum Gasteiger partial charge on any atom is 0.255 e. The number of anilines is 3. The van der Waals surface area contributed by atoms with Crippen molar-refractivity contribution in [2.75, 3.05) is 43.9 Å². The Labute approximate surface area is 211 Å². The van der Waals surface area contributed by atoms with E-state index < -0.39 is 0 Å². The second kappa shape index (κ2) is 11.0. The number of aryl methyl sites for hydroxylation is 1. The monoisotopic (exact) mass is 491 g/mol. The van der Waals surface area contributed by atoms with E-state index in [0.29, 0.717) is 40.7 Å². The first-order valence-electron chi connectivity index (χ1n) is 12.4. The minimum absolute atomic E-state index is 0.0130. The Morgan fingerprint density at radius 1 is 1.19 bits per heavy atom. The molecule has 36 heavy (non-hydrogen) atoms. The van der Waals surface area contributed by atoms with Crippen LogP contribution in [0.3, 0.4) is 0 Å². The van der Waals surface area contributed by atoms with Crippen LogP contribution >= 0.6 is 0 Å². The molecule has 2 aromatic carbocycles. The van der Waals surface area contributed by atoms with E-state index in [2.05, 4.69) is 22.1 Å². The molecule has 0 bridgehead atoms. The fraction of sp³-hybridized carbons (Fsp3) is 0.357. The number of carbonyl (C=O) groups is 1. The molecule has 1 aliphatic rings. The molecule has 0 aliphatic carbocycles. The van der Waals surface area contributed by atoms with Crippen LogP contribution in [0.4, 0.5) is 21.6 Å². The molecule has 1 aromatic heterocycles. The number of hydrogen-bond acceptors (Lipinski definition) is 6. The van der Waals surface area contributed by atoms with E-state index in [4.69, 9.17) is 5.73 Å². The zero-order valence-corrected chi connectivity index (χ0v) is 21.1. The van der Waals surface area contributed by atoms with Crippen LogP contribution in [-0.4, -0.2) is 54.1 Å². The van der Waals surface area contributed by atoms with E-state index in [1.54, 1.807) is 42.3 Å². The summed E-state index contributed by atoms with van der Waals surface area (Å²) < 4.78 is 14.5. The lowest BCUT2D eigenvalue weighted by Crippen LogP contribution is -2.38. The first-order valence-corrected chi connectivity index (χ1v) is 12.4. The van der Waals surface area contributed by atoms with Gasteiger partial charge >= 0.3 is 0 Å². The van der Waals surface area contributed by atoms with Crippen LogP contribution < -0.4 is 16.0 Å². The molecule has 1 fully saturated rings. The standard InChI is InChI=1S/C28H34FN5O2/c1-4-34-13-11-19(12-14-34)17-31-28(36)21-7-8-24(32-27(21)30)22-16-20(6-10-26(22)35)33(3)25-9-5-18(2)15-23(25)29/h5-10,15-16,19,35H,4,11-14,17H2,1-3H3,(H2,30,32)(H,31,36). The molecule has 1 amide bonds. The Bertz CT molecular complexity index is 1240. The van der Waals surface area contributed by atoms with Gasteiger partial charge in [-0.05, 0) is 93.3 Å². The van der Waals surface area contributed by atoms with Gasteiger partial charge < -0.3 is 26.0 Å². The number of carbonyl (C=O) groups excluding carboxylic acids is 1. The SMILES string of the molecule is CCN1CCC(CNC(=O)c2ccc(-c3cc(N(C)c4ccc(C)cc4F)ccc3O)nc2N)CC1. The Morgan fingerprint density at radius 2 is 1.94 bits per heavy atom. The van der Waals surface area contributed by atoms with Crippen molar-refractivity contribution in [3.63, 3.8) is 0 Å². The van der Waals surface area contributed by atoms with Gasteiger partial charge in [-0.2, -0.15) is 0 Å². The lowest BCUT2D eigenvalue weighted by Gasteiger charge is -2.31. The van der Waals surface area contributed by atoms with Gasteiger partial charge in [0, 0.05) is 24.8 Å². The highest BCUT2D eigenvalue weighted by atomic mass is 19.1. The number of aromatic hydroxyl groups is 1. The van der Waals surface area contributed by atoms with Crippen molar-refractivity contribution >= 4 is 23.1 Å². The molecule has 1 saturated heterocycles. The lowest BCUT2D eigenvalue weighted by atomic mass is 9.96. The van der Waals surface area contributed by atoms with Gasteiger partial charge in [-0.25, -0.2) is 9.37 Å². The predicted octanol–water partition coefficient (Wildman–Crippen LogP) is 4.71. The number of phenolic OH excluding ortho intramolecular Hbond substituents is 1. The molecule has 1 aliphatic heterocycles. The smallest absolute Gasteiger partial charge is 0.255 e. The summed E-state index contributed by atoms with van der Waals surface area (Å²) in [6, 6.07) is 13.3. The number of nitrogen functional groups attached to an aromatic ring is 1. The van der Waals surface area contributed by atoms with Gasteiger partial charge in [-0.1, -0.05) is 13.0 Å². The van der Waals surface area contributed by atoms with Gasteiger partial charge in [0.1, 0.15) is 17.4 Å². The number of aromatic nitrogens is 1. The summed E-state index contributed by atoms with van der Waals surface area (Å²) in [4.78, 5) is 21.3. The van der Waals surface area contributed by atoms with Crippen LogP contribution in [0.2, 0.25) is 0 Å². The molecule has 0 radical (unpaired) electrons. The Hall–Kier alpha value is -3.65. The Morgan fingerprint density at radius 3 is 2.61 bits per heavy atom. The number of phenols is 1. The van der Waals surface area contributed by atoms with Gasteiger partial charge in [0.05, 0.1) is 16.9 Å². The van der Waals surface area contributed by atoms with E-state index in [0.717, 1.165) is 38.0 Å². The summed E-state index contributed by atoms with van der Waals surface area (Å²) in [5.41, 5.74) is 9.24. The molecule has 3 aromatic rings. The summed E-state index contributed by atoms with van der Waals surface area (Å²) in [5.74, 6) is -0.0226. The normalized spacial score (nSPS) is 14.6. The van der Waals surface area contributed by atoms with Gasteiger partial charge in [0.2, 0.25) is 0 Å². The van der Waals surface area contributed by atoms with E-state index in [-0.39, 0.29) is 23.3 Å². The number of nitrogens with two attached hydrogens (primary N) is 1. The summed E-state index contributed by atoms with van der Waals surface area (Å²) in [6.07, 6.45) is 2.13. The van der Waals surface area contributed by atoms with Gasteiger partial charge in [-0.15, -0.1) is 0 Å². The molecule has 190 valence electrons. The van der Waals surface area contributed by atoms with Crippen molar-refractivity contribution < 1.29 is 14.3 Å². The minimum Gasteiger partial charge on any atom is -0.507 e. The molecular weight excluding hydrogens is 457 g/mol. The Kier molecular flexibility index (Phi) is 7.74. The van der Waals surface area contributed by atoms with Crippen LogP contribution in [0.5, 0.6) is 5.75 Å². The first-order chi connectivity index (χ1) is 17.3. The summed E-state index contributed by atoms with van der Waals surface area (Å²) >= 11 is 0. The van der Waals surface area contributed by atoms with Gasteiger partial charge in [-0.3, -0.25) is 4.79 Å². The number of rotatable bonds is 7. The molecule has 2 heterocycles. The van der Waals surface area contributed by atoms with Crippen molar-refractivity contribution in [2.45, 2.75) is 26.7 Å². The predicted molar refractivity (Wildman–Crippen MR) is 142 cm³/mol. The van der Waals surface area contributed by atoms with Gasteiger partial charge in [0.15, 0.2) is 0 Å². The minimum atomic E-state index is -0.333. The molecule has 4 rings (SSSR count). The van der Waals surface area contributed by atoms with Crippen molar-refractivity contribution in [3.8, 4) is 17.0 Å². The number of pyridine rings is 1. The quantitative estimate of drug-likeness (QED) is 0.443. The molecule has 7 nitrogen and oxygen atoms in total. The second-order valence-corrected chi connectivity index (χ2v) is 9.43. The molecule has 0 unspecified atom stereocenters. The third-order valence-electron chi connectivity index (χ3n) is 6.98. The van der Waals surface area contributed by atoms with Crippen LogP contribution in [0.1, 0.15) is 35.7 Å². The van der Waals surface area contributed by atoms with E-state index in [9.17, 15) is 14.3 Å². The summed E-state index contributed by atoms with van der Waals surface area (Å²) in [5, 5.41) is 13.5. The maximum absolute atomic E-state index is 14.5. The fourth-order valence-corrected chi connectivity index (χ4v) is 4.62. The molecule has 0 saturated carbocycles. The van der Waals surface area contributed by atoms with Crippen molar-refractivity contribution in [1.29, 1.82) is 0 Å². The third kappa shape index (κ3) is 5.60. The maximum atomic E-state index is 14.5. The Balaban J connectivity index is 1.49. The summed E-state index contributed by atoms with van der Waals surface area (Å²) in [7, 11) is 1.76. The second-order valence-electron chi connectivity index (χ2n) is 9.43. The highest BCUT2D eigenvalue weighted by Gasteiger charge is 2.20. The van der Waals surface area contributed by atoms with E-state index in [1.165, 1.54) is 12.1 Å². The number of piperidine rings is 1. The highest BCUT2D eigenvalue weighted by Crippen LogP contribution is 2.35. The van der Waals surface area contributed by atoms with E-state index >= 15 is 0 Å². The average Bonchev–Trinajstić information content (AvgIpc) is 2.87. The topological polar surface area (TPSA) is 94.7 Å².